The molecule has 4 aromatic rings. The van der Waals surface area contributed by atoms with Gasteiger partial charge in [0.25, 0.3) is 5.95 Å². The summed E-state index contributed by atoms with van der Waals surface area (Å²) in [4.78, 5) is 24.1. The molecule has 1 aromatic carbocycles. The first-order valence-electron chi connectivity index (χ1n) is 9.96. The van der Waals surface area contributed by atoms with Crippen LogP contribution in [-0.4, -0.2) is 37.4 Å². The zero-order valence-electron chi connectivity index (χ0n) is 17.5. The molecule has 1 amide bonds. The number of nitrogens with zero attached hydrogens (tertiary/aromatic N) is 5. The Kier molecular flexibility index (Phi) is 5.98. The first kappa shape index (κ1) is 21.9. The number of rotatable bonds is 6. The summed E-state index contributed by atoms with van der Waals surface area (Å²) in [5.74, 6) is -1.03. The molecule has 0 bridgehead atoms. The predicted molar refractivity (Wildman–Crippen MR) is 116 cm³/mol. The average molecular weight is 454 g/mol. The van der Waals surface area contributed by atoms with Gasteiger partial charge in [-0.1, -0.05) is 18.2 Å². The van der Waals surface area contributed by atoms with Gasteiger partial charge in [-0.05, 0) is 18.6 Å². The number of alkyl carbamates (subject to hydrolysis) is 1. The van der Waals surface area contributed by atoms with Crippen molar-refractivity contribution >= 4 is 28.8 Å². The molecule has 0 saturated heterocycles. The summed E-state index contributed by atoms with van der Waals surface area (Å²) in [5, 5.41) is 6.94. The van der Waals surface area contributed by atoms with E-state index in [0.717, 1.165) is 6.20 Å². The van der Waals surface area contributed by atoms with Gasteiger partial charge in [0, 0.05) is 12.5 Å². The minimum Gasteiger partial charge on any atom is -0.450 e. The second kappa shape index (κ2) is 9.02. The standard InChI is InChI=1S/C21H20F2N8O2/c1-2-33-21(32)27-10-13-18(24)28-20(29-19(13)25)31-16-8-12(22)9-26-17(16)15(30-31)7-11-5-3-4-6-14(11)23/h3-6,8-9H,2,7,10H2,1H3,(H,27,32)(H4,24,25,28,29). The first-order chi connectivity index (χ1) is 15.9. The molecular weight excluding hydrogens is 434 g/mol. The van der Waals surface area contributed by atoms with E-state index in [-0.39, 0.29) is 42.7 Å². The molecular formula is C21H20F2N8O2. The van der Waals surface area contributed by atoms with Gasteiger partial charge in [-0.15, -0.1) is 0 Å². The smallest absolute Gasteiger partial charge is 0.407 e. The Bertz CT molecular complexity index is 1320. The Morgan fingerprint density at radius 1 is 1.18 bits per heavy atom. The van der Waals surface area contributed by atoms with Crippen LogP contribution >= 0.6 is 0 Å². The van der Waals surface area contributed by atoms with Crippen molar-refractivity contribution in [3.05, 3.63) is 65.0 Å². The van der Waals surface area contributed by atoms with Crippen molar-refractivity contribution in [2.75, 3.05) is 18.1 Å². The lowest BCUT2D eigenvalue weighted by molar-refractivity contribution is 0.151. The summed E-state index contributed by atoms with van der Waals surface area (Å²) in [6.07, 6.45) is 0.520. The second-order valence-electron chi connectivity index (χ2n) is 6.99. The fourth-order valence-corrected chi connectivity index (χ4v) is 3.25. The number of nitrogen functional groups attached to an aromatic ring is 2. The van der Waals surface area contributed by atoms with Gasteiger partial charge in [0.15, 0.2) is 0 Å². The van der Waals surface area contributed by atoms with Crippen LogP contribution in [-0.2, 0) is 17.7 Å². The number of nitrogens with two attached hydrogens (primary N) is 2. The van der Waals surface area contributed by atoms with Crippen LogP contribution in [0.25, 0.3) is 17.0 Å². The third kappa shape index (κ3) is 4.49. The van der Waals surface area contributed by atoms with E-state index >= 15 is 0 Å². The highest BCUT2D eigenvalue weighted by Crippen LogP contribution is 2.25. The van der Waals surface area contributed by atoms with Gasteiger partial charge in [-0.25, -0.2) is 18.6 Å². The molecule has 0 radical (unpaired) electrons. The molecule has 3 aromatic heterocycles. The number of pyridine rings is 1. The third-order valence-corrected chi connectivity index (χ3v) is 4.81. The van der Waals surface area contributed by atoms with Crippen molar-refractivity contribution in [2.45, 2.75) is 19.9 Å². The fraction of sp³-hybridized carbons (Fsp3) is 0.190. The maximum atomic E-state index is 14.2. The monoisotopic (exact) mass is 454 g/mol. The highest BCUT2D eigenvalue weighted by Gasteiger charge is 2.20. The fourth-order valence-electron chi connectivity index (χ4n) is 3.25. The number of ether oxygens (including phenoxy) is 1. The van der Waals surface area contributed by atoms with Crippen LogP contribution in [0.4, 0.5) is 25.2 Å². The van der Waals surface area contributed by atoms with Crippen LogP contribution in [0.1, 0.15) is 23.7 Å². The van der Waals surface area contributed by atoms with Crippen LogP contribution in [0.5, 0.6) is 0 Å². The maximum Gasteiger partial charge on any atom is 0.407 e. The number of fused-ring (bicyclic) bond motifs is 1. The van der Waals surface area contributed by atoms with Crippen molar-refractivity contribution in [2.24, 2.45) is 0 Å². The molecule has 33 heavy (non-hydrogen) atoms. The number of halogens is 2. The molecule has 0 spiro atoms. The lowest BCUT2D eigenvalue weighted by Gasteiger charge is -2.11. The second-order valence-corrected chi connectivity index (χ2v) is 6.99. The summed E-state index contributed by atoms with van der Waals surface area (Å²) < 4.78 is 34.2. The normalized spacial score (nSPS) is 11.0. The van der Waals surface area contributed by atoms with E-state index in [2.05, 4.69) is 25.4 Å². The Balaban J connectivity index is 1.74. The lowest BCUT2D eigenvalue weighted by atomic mass is 10.1. The van der Waals surface area contributed by atoms with Gasteiger partial charge in [0.05, 0.1) is 36.1 Å². The van der Waals surface area contributed by atoms with Gasteiger partial charge >= 0.3 is 6.09 Å². The van der Waals surface area contributed by atoms with Gasteiger partial charge in [0.1, 0.15) is 28.8 Å². The summed E-state index contributed by atoms with van der Waals surface area (Å²) >= 11 is 0. The first-order valence-corrected chi connectivity index (χ1v) is 9.96. The number of hydrogen-bond acceptors (Lipinski definition) is 8. The molecule has 12 heteroatoms. The van der Waals surface area contributed by atoms with Crippen LogP contribution in [0.15, 0.2) is 36.5 Å². The number of amides is 1. The van der Waals surface area contributed by atoms with E-state index in [4.69, 9.17) is 16.2 Å². The lowest BCUT2D eigenvalue weighted by Crippen LogP contribution is -2.25. The van der Waals surface area contributed by atoms with Crippen LogP contribution in [0.2, 0.25) is 0 Å². The van der Waals surface area contributed by atoms with Crippen LogP contribution < -0.4 is 16.8 Å². The van der Waals surface area contributed by atoms with E-state index < -0.39 is 17.7 Å². The Hall–Kier alpha value is -4.35. The van der Waals surface area contributed by atoms with Gasteiger partial charge < -0.3 is 21.5 Å². The minimum atomic E-state index is -0.641. The predicted octanol–water partition coefficient (Wildman–Crippen LogP) is 2.49. The van der Waals surface area contributed by atoms with E-state index in [1.165, 1.54) is 16.8 Å². The molecule has 0 atom stereocenters. The zero-order valence-corrected chi connectivity index (χ0v) is 17.5. The molecule has 0 unspecified atom stereocenters. The Morgan fingerprint density at radius 3 is 2.61 bits per heavy atom. The molecule has 3 heterocycles. The molecule has 170 valence electrons. The van der Waals surface area contributed by atoms with Crippen LogP contribution in [0, 0.1) is 11.6 Å². The number of carbonyl (C=O) groups excluding carboxylic acids is 1. The average Bonchev–Trinajstić information content (AvgIpc) is 3.12. The number of carbonyl (C=O) groups is 1. The Morgan fingerprint density at radius 2 is 1.91 bits per heavy atom. The van der Waals surface area contributed by atoms with Crippen molar-refractivity contribution in [1.82, 2.24) is 30.0 Å². The number of anilines is 2. The molecule has 0 aliphatic rings. The van der Waals surface area contributed by atoms with Gasteiger partial charge in [-0.2, -0.15) is 19.7 Å². The highest BCUT2D eigenvalue weighted by molar-refractivity contribution is 5.79. The van der Waals surface area contributed by atoms with Crippen molar-refractivity contribution in [3.63, 3.8) is 0 Å². The number of aromatic nitrogens is 5. The number of benzene rings is 1. The SMILES string of the molecule is CCOC(=O)NCc1c(N)nc(-n2nc(Cc3ccccc3F)c3ncc(F)cc32)nc1N. The van der Waals surface area contributed by atoms with Crippen molar-refractivity contribution in [1.29, 1.82) is 0 Å². The quantitative estimate of drug-likeness (QED) is 0.403. The van der Waals surface area contributed by atoms with E-state index in [0.29, 0.717) is 22.3 Å². The minimum absolute atomic E-state index is 0.00188. The third-order valence-electron chi connectivity index (χ3n) is 4.81. The zero-order chi connectivity index (χ0) is 23.5. The van der Waals surface area contributed by atoms with E-state index in [1.807, 2.05) is 0 Å². The molecule has 0 fully saturated rings. The van der Waals surface area contributed by atoms with Gasteiger partial charge in [0.2, 0.25) is 0 Å². The molecule has 4 rings (SSSR count). The number of nitrogens with one attached hydrogen (secondary N) is 1. The molecule has 0 saturated carbocycles. The van der Waals surface area contributed by atoms with Gasteiger partial charge in [-0.3, -0.25) is 0 Å². The molecule has 0 aliphatic heterocycles. The summed E-state index contributed by atoms with van der Waals surface area (Å²) in [6, 6.07) is 7.47. The summed E-state index contributed by atoms with van der Waals surface area (Å²) in [5.41, 5.74) is 13.8. The summed E-state index contributed by atoms with van der Waals surface area (Å²) in [6.45, 7) is 1.83. The van der Waals surface area contributed by atoms with E-state index in [9.17, 15) is 13.6 Å². The largest absolute Gasteiger partial charge is 0.450 e. The van der Waals surface area contributed by atoms with Crippen LogP contribution in [0.3, 0.4) is 0 Å². The maximum absolute atomic E-state index is 14.2. The number of hydrogen-bond donors (Lipinski definition) is 3. The van der Waals surface area contributed by atoms with Crippen molar-refractivity contribution < 1.29 is 18.3 Å². The topological polar surface area (TPSA) is 147 Å². The summed E-state index contributed by atoms with van der Waals surface area (Å²) in [7, 11) is 0. The molecule has 10 nitrogen and oxygen atoms in total. The molecule has 5 N–H and O–H groups in total. The highest BCUT2D eigenvalue weighted by atomic mass is 19.1. The Labute approximate surface area is 186 Å². The molecule has 0 aliphatic carbocycles. The van der Waals surface area contributed by atoms with E-state index in [1.54, 1.807) is 25.1 Å². The van der Waals surface area contributed by atoms with Crippen molar-refractivity contribution in [3.8, 4) is 5.95 Å².